The molecule has 1 atom stereocenters. The van der Waals surface area contributed by atoms with Crippen LogP contribution in [0.25, 0.3) is 0 Å². The van der Waals surface area contributed by atoms with Gasteiger partial charge in [0.1, 0.15) is 5.25 Å². The summed E-state index contributed by atoms with van der Waals surface area (Å²) in [6.07, 6.45) is 0.634. The topological polar surface area (TPSA) is 63.6 Å². The smallest absolute Gasteiger partial charge is 0.335 e. The van der Waals surface area contributed by atoms with Gasteiger partial charge in [0.15, 0.2) is 0 Å². The van der Waals surface area contributed by atoms with E-state index < -0.39 is 5.97 Å². The van der Waals surface area contributed by atoms with Gasteiger partial charge >= 0.3 is 11.9 Å². The average Bonchev–Trinajstić information content (AvgIpc) is 2.35. The Labute approximate surface area is 104 Å². The van der Waals surface area contributed by atoms with E-state index in [2.05, 4.69) is 4.74 Å². The number of carboxylic acid groups (broad SMARTS) is 1. The molecule has 0 bridgehead atoms. The molecule has 1 unspecified atom stereocenters. The van der Waals surface area contributed by atoms with E-state index in [4.69, 9.17) is 5.11 Å². The highest BCUT2D eigenvalue weighted by Gasteiger charge is 2.18. The molecule has 0 amide bonds. The van der Waals surface area contributed by atoms with Crippen LogP contribution in [0.2, 0.25) is 0 Å². The SMILES string of the molecule is CCC(Sc1cccc(C(=O)O)c1)C(=O)OC. The minimum absolute atomic E-state index is 0.217. The summed E-state index contributed by atoms with van der Waals surface area (Å²) in [5.41, 5.74) is 0.217. The van der Waals surface area contributed by atoms with Gasteiger partial charge in [-0.05, 0) is 24.6 Å². The van der Waals surface area contributed by atoms with Crippen LogP contribution in [0.1, 0.15) is 23.7 Å². The number of thioether (sulfide) groups is 1. The van der Waals surface area contributed by atoms with Crippen molar-refractivity contribution in [1.82, 2.24) is 0 Å². The first-order chi connectivity index (χ1) is 8.08. The average molecular weight is 254 g/mol. The van der Waals surface area contributed by atoms with E-state index in [9.17, 15) is 9.59 Å². The van der Waals surface area contributed by atoms with Crippen LogP contribution in [0.4, 0.5) is 0 Å². The molecule has 0 aliphatic carbocycles. The van der Waals surface area contributed by atoms with Crippen LogP contribution in [-0.2, 0) is 9.53 Å². The summed E-state index contributed by atoms with van der Waals surface area (Å²) in [6.45, 7) is 1.88. The number of aromatic carboxylic acids is 1. The van der Waals surface area contributed by atoms with Crippen molar-refractivity contribution >= 4 is 23.7 Å². The molecule has 1 aromatic rings. The molecule has 1 aromatic carbocycles. The molecule has 0 aromatic heterocycles. The van der Waals surface area contributed by atoms with Gasteiger partial charge in [0.25, 0.3) is 0 Å². The Bertz CT molecular complexity index is 417. The number of methoxy groups -OCH3 is 1. The van der Waals surface area contributed by atoms with Crippen LogP contribution in [-0.4, -0.2) is 29.4 Å². The first kappa shape index (κ1) is 13.6. The minimum atomic E-state index is -0.974. The first-order valence-corrected chi connectivity index (χ1v) is 6.04. The van der Waals surface area contributed by atoms with Gasteiger partial charge in [-0.3, -0.25) is 4.79 Å². The summed E-state index contributed by atoms with van der Waals surface area (Å²) in [5, 5.41) is 8.55. The highest BCUT2D eigenvalue weighted by atomic mass is 32.2. The van der Waals surface area contributed by atoms with E-state index in [-0.39, 0.29) is 16.8 Å². The van der Waals surface area contributed by atoms with E-state index in [0.717, 1.165) is 4.90 Å². The summed E-state index contributed by atoms with van der Waals surface area (Å²) in [5.74, 6) is -1.27. The van der Waals surface area contributed by atoms with Gasteiger partial charge in [0, 0.05) is 4.90 Å². The molecule has 0 saturated heterocycles. The lowest BCUT2D eigenvalue weighted by Crippen LogP contribution is -2.17. The Hall–Kier alpha value is -1.49. The number of ether oxygens (including phenoxy) is 1. The predicted octanol–water partition coefficient (Wildman–Crippen LogP) is 2.43. The molecule has 0 radical (unpaired) electrons. The zero-order chi connectivity index (χ0) is 12.8. The van der Waals surface area contributed by atoms with Crippen molar-refractivity contribution in [1.29, 1.82) is 0 Å². The van der Waals surface area contributed by atoms with Crippen molar-refractivity contribution in [2.45, 2.75) is 23.5 Å². The second-order valence-electron chi connectivity index (χ2n) is 3.37. The van der Waals surface area contributed by atoms with Gasteiger partial charge in [-0.2, -0.15) is 0 Å². The Morgan fingerprint density at radius 3 is 2.71 bits per heavy atom. The fourth-order valence-corrected chi connectivity index (χ4v) is 2.34. The van der Waals surface area contributed by atoms with Crippen molar-refractivity contribution in [3.63, 3.8) is 0 Å². The third kappa shape index (κ3) is 3.78. The van der Waals surface area contributed by atoms with E-state index in [1.54, 1.807) is 18.2 Å². The maximum atomic E-state index is 11.4. The molecule has 0 fully saturated rings. The van der Waals surface area contributed by atoms with Crippen LogP contribution < -0.4 is 0 Å². The molecule has 92 valence electrons. The van der Waals surface area contributed by atoms with Crippen molar-refractivity contribution in [2.24, 2.45) is 0 Å². The number of carbonyl (C=O) groups is 2. The Kier molecular flexibility index (Phi) is 5.03. The van der Waals surface area contributed by atoms with Gasteiger partial charge in [-0.1, -0.05) is 13.0 Å². The molecule has 1 rings (SSSR count). The van der Waals surface area contributed by atoms with E-state index in [1.807, 2.05) is 6.92 Å². The lowest BCUT2D eigenvalue weighted by atomic mass is 10.2. The van der Waals surface area contributed by atoms with Crippen LogP contribution >= 0.6 is 11.8 Å². The molecular formula is C12H14O4S. The van der Waals surface area contributed by atoms with E-state index in [1.165, 1.54) is 24.9 Å². The second-order valence-corrected chi connectivity index (χ2v) is 4.65. The molecule has 0 spiro atoms. The highest BCUT2D eigenvalue weighted by Crippen LogP contribution is 2.26. The van der Waals surface area contributed by atoms with Crippen molar-refractivity contribution in [2.75, 3.05) is 7.11 Å². The Balaban J connectivity index is 2.83. The van der Waals surface area contributed by atoms with Crippen molar-refractivity contribution in [3.05, 3.63) is 29.8 Å². The van der Waals surface area contributed by atoms with Crippen LogP contribution in [0, 0.1) is 0 Å². The van der Waals surface area contributed by atoms with Crippen LogP contribution in [0.15, 0.2) is 29.2 Å². The summed E-state index contributed by atoms with van der Waals surface area (Å²) >= 11 is 1.32. The first-order valence-electron chi connectivity index (χ1n) is 5.16. The summed E-state index contributed by atoms with van der Waals surface area (Å²) < 4.78 is 4.68. The van der Waals surface area contributed by atoms with Crippen molar-refractivity contribution in [3.8, 4) is 0 Å². The van der Waals surface area contributed by atoms with Gasteiger partial charge in [-0.15, -0.1) is 11.8 Å². The van der Waals surface area contributed by atoms with Gasteiger partial charge in [0.05, 0.1) is 12.7 Å². The molecular weight excluding hydrogens is 240 g/mol. The molecule has 17 heavy (non-hydrogen) atoms. The molecule has 0 heterocycles. The van der Waals surface area contributed by atoms with Gasteiger partial charge in [-0.25, -0.2) is 4.79 Å². The Morgan fingerprint density at radius 2 is 2.18 bits per heavy atom. The second kappa shape index (κ2) is 6.30. The molecule has 0 aliphatic heterocycles. The van der Waals surface area contributed by atoms with Crippen LogP contribution in [0.5, 0.6) is 0 Å². The maximum Gasteiger partial charge on any atom is 0.335 e. The number of esters is 1. The third-order valence-corrected chi connectivity index (χ3v) is 3.53. The summed E-state index contributed by atoms with van der Waals surface area (Å²) in [7, 11) is 1.35. The number of rotatable bonds is 5. The number of hydrogen-bond donors (Lipinski definition) is 1. The molecule has 0 aliphatic rings. The summed E-state index contributed by atoms with van der Waals surface area (Å²) in [4.78, 5) is 23.0. The van der Waals surface area contributed by atoms with Crippen molar-refractivity contribution < 1.29 is 19.4 Å². The molecule has 4 nitrogen and oxygen atoms in total. The molecule has 0 saturated carbocycles. The fraction of sp³-hybridized carbons (Fsp3) is 0.333. The molecule has 5 heteroatoms. The monoisotopic (exact) mass is 254 g/mol. The normalized spacial score (nSPS) is 11.9. The number of carboxylic acids is 1. The Morgan fingerprint density at radius 1 is 1.47 bits per heavy atom. The minimum Gasteiger partial charge on any atom is -0.478 e. The predicted molar refractivity (Wildman–Crippen MR) is 65.4 cm³/mol. The van der Waals surface area contributed by atoms with Crippen LogP contribution in [0.3, 0.4) is 0 Å². The lowest BCUT2D eigenvalue weighted by molar-refractivity contribution is -0.140. The zero-order valence-corrected chi connectivity index (χ0v) is 10.5. The maximum absolute atomic E-state index is 11.4. The van der Waals surface area contributed by atoms with E-state index in [0.29, 0.717) is 6.42 Å². The van der Waals surface area contributed by atoms with Gasteiger partial charge < -0.3 is 9.84 Å². The van der Waals surface area contributed by atoms with E-state index >= 15 is 0 Å². The number of benzene rings is 1. The molecule has 1 N–H and O–H groups in total. The highest BCUT2D eigenvalue weighted by molar-refractivity contribution is 8.00. The third-order valence-electron chi connectivity index (χ3n) is 2.19. The quantitative estimate of drug-likeness (QED) is 0.646. The standard InChI is InChI=1S/C12H14O4S/c1-3-10(12(15)16-2)17-9-6-4-5-8(7-9)11(13)14/h4-7,10H,3H2,1-2H3,(H,13,14). The number of carbonyl (C=O) groups excluding carboxylic acids is 1. The lowest BCUT2D eigenvalue weighted by Gasteiger charge is -2.11. The zero-order valence-electron chi connectivity index (χ0n) is 9.67. The fourth-order valence-electron chi connectivity index (χ4n) is 1.30. The number of hydrogen-bond acceptors (Lipinski definition) is 4. The largest absolute Gasteiger partial charge is 0.478 e. The van der Waals surface area contributed by atoms with Gasteiger partial charge in [0.2, 0.25) is 0 Å². The summed E-state index contributed by atoms with van der Waals surface area (Å²) in [6, 6.07) is 6.52.